The number of halogens is 1. The van der Waals surface area contributed by atoms with Crippen molar-refractivity contribution in [2.75, 3.05) is 29.1 Å². The van der Waals surface area contributed by atoms with Crippen LogP contribution in [-0.2, 0) is 9.59 Å². The van der Waals surface area contributed by atoms with Gasteiger partial charge in [-0.1, -0.05) is 29.4 Å². The maximum Gasteiger partial charge on any atom is 0.234 e. The zero-order valence-corrected chi connectivity index (χ0v) is 18.1. The third-order valence-electron chi connectivity index (χ3n) is 5.13. The summed E-state index contributed by atoms with van der Waals surface area (Å²) in [7, 11) is 0. The van der Waals surface area contributed by atoms with Crippen molar-refractivity contribution in [3.05, 3.63) is 41.4 Å². The van der Waals surface area contributed by atoms with Crippen LogP contribution in [0.25, 0.3) is 0 Å². The van der Waals surface area contributed by atoms with E-state index in [-0.39, 0.29) is 23.5 Å². The van der Waals surface area contributed by atoms with Crippen LogP contribution in [-0.4, -0.2) is 46.9 Å². The normalized spacial score (nSPS) is 18.7. The van der Waals surface area contributed by atoms with E-state index in [0.717, 1.165) is 38.0 Å². The standard InChI is InChI=1S/C21H24ClN5O2S/c22-15-4-1-5-17(11-15)23-19(28)13-30-20-9-8-18(25-26-20)27-10-2-3-14(12-27)21(29)24-16-6-7-16/h1,4-5,8-9,11,14,16H,2-3,6-7,10,12-13H2,(H,23,28)(H,24,29)/t14-/m0/s1. The van der Waals surface area contributed by atoms with Gasteiger partial charge in [-0.3, -0.25) is 9.59 Å². The molecular weight excluding hydrogens is 422 g/mol. The summed E-state index contributed by atoms with van der Waals surface area (Å²) in [5.74, 6) is 1.03. The molecule has 30 heavy (non-hydrogen) atoms. The van der Waals surface area contributed by atoms with Crippen LogP contribution in [0.4, 0.5) is 11.5 Å². The molecule has 1 aliphatic carbocycles. The van der Waals surface area contributed by atoms with Gasteiger partial charge in [0.25, 0.3) is 0 Å². The number of rotatable bonds is 7. The lowest BCUT2D eigenvalue weighted by Gasteiger charge is -2.32. The molecule has 1 aromatic heterocycles. The maximum absolute atomic E-state index is 12.4. The first kappa shape index (κ1) is 20.9. The van der Waals surface area contributed by atoms with E-state index in [1.165, 1.54) is 11.8 Å². The molecule has 2 fully saturated rings. The molecule has 2 N–H and O–H groups in total. The summed E-state index contributed by atoms with van der Waals surface area (Å²) in [5.41, 5.74) is 0.667. The topological polar surface area (TPSA) is 87.2 Å². The van der Waals surface area contributed by atoms with E-state index in [1.807, 2.05) is 12.1 Å². The van der Waals surface area contributed by atoms with Gasteiger partial charge in [-0.05, 0) is 56.0 Å². The smallest absolute Gasteiger partial charge is 0.234 e. The Morgan fingerprint density at radius 1 is 1.17 bits per heavy atom. The second kappa shape index (κ2) is 9.66. The van der Waals surface area contributed by atoms with Gasteiger partial charge in [0.2, 0.25) is 11.8 Å². The number of anilines is 2. The quantitative estimate of drug-likeness (QED) is 0.635. The van der Waals surface area contributed by atoms with Crippen molar-refractivity contribution in [2.45, 2.75) is 36.8 Å². The second-order valence-electron chi connectivity index (χ2n) is 7.64. The molecule has 1 aromatic carbocycles. The van der Waals surface area contributed by atoms with Crippen LogP contribution in [0, 0.1) is 5.92 Å². The Labute approximate surface area is 185 Å². The highest BCUT2D eigenvalue weighted by atomic mass is 35.5. The Balaban J connectivity index is 1.27. The Morgan fingerprint density at radius 2 is 2.03 bits per heavy atom. The molecule has 9 heteroatoms. The molecular formula is C21H24ClN5O2S. The van der Waals surface area contributed by atoms with Gasteiger partial charge in [0.05, 0.1) is 11.7 Å². The highest BCUT2D eigenvalue weighted by Crippen LogP contribution is 2.25. The first-order chi connectivity index (χ1) is 14.6. The Morgan fingerprint density at radius 3 is 2.77 bits per heavy atom. The minimum absolute atomic E-state index is 0.00499. The highest BCUT2D eigenvalue weighted by molar-refractivity contribution is 7.99. The van der Waals surface area contributed by atoms with Crippen LogP contribution < -0.4 is 15.5 Å². The van der Waals surface area contributed by atoms with Crippen LogP contribution in [0.5, 0.6) is 0 Å². The summed E-state index contributed by atoms with van der Waals surface area (Å²) in [6.45, 7) is 1.54. The Kier molecular flexibility index (Phi) is 6.74. The molecule has 2 aliphatic rings. The molecule has 1 saturated heterocycles. The fourth-order valence-electron chi connectivity index (χ4n) is 3.41. The van der Waals surface area contributed by atoms with E-state index in [2.05, 4.69) is 25.7 Å². The van der Waals surface area contributed by atoms with E-state index in [4.69, 9.17) is 11.6 Å². The minimum Gasteiger partial charge on any atom is -0.354 e. The number of amides is 2. The zero-order chi connectivity index (χ0) is 20.9. The number of nitrogens with one attached hydrogen (secondary N) is 2. The van der Waals surface area contributed by atoms with Crippen LogP contribution in [0.2, 0.25) is 5.02 Å². The van der Waals surface area contributed by atoms with Crippen molar-refractivity contribution in [2.24, 2.45) is 5.92 Å². The fraction of sp³-hybridized carbons (Fsp3) is 0.429. The van der Waals surface area contributed by atoms with Crippen molar-refractivity contribution < 1.29 is 9.59 Å². The molecule has 158 valence electrons. The molecule has 0 unspecified atom stereocenters. The summed E-state index contributed by atoms with van der Waals surface area (Å²) in [6.07, 6.45) is 4.08. The zero-order valence-electron chi connectivity index (χ0n) is 16.5. The lowest BCUT2D eigenvalue weighted by atomic mass is 9.97. The monoisotopic (exact) mass is 445 g/mol. The van der Waals surface area contributed by atoms with Crippen molar-refractivity contribution in [3.63, 3.8) is 0 Å². The van der Waals surface area contributed by atoms with Crippen LogP contribution in [0.1, 0.15) is 25.7 Å². The van der Waals surface area contributed by atoms with E-state index in [0.29, 0.717) is 28.3 Å². The fourth-order valence-corrected chi connectivity index (χ4v) is 4.21. The molecule has 1 atom stereocenters. The van der Waals surface area contributed by atoms with E-state index in [1.54, 1.807) is 24.3 Å². The number of hydrogen-bond donors (Lipinski definition) is 2. The van der Waals surface area contributed by atoms with Gasteiger partial charge in [-0.2, -0.15) is 0 Å². The average Bonchev–Trinajstić information content (AvgIpc) is 3.57. The molecule has 0 bridgehead atoms. The molecule has 1 saturated carbocycles. The largest absolute Gasteiger partial charge is 0.354 e. The molecule has 4 rings (SSSR count). The number of carbonyl (C=O) groups is 2. The van der Waals surface area contributed by atoms with Crippen molar-refractivity contribution in [1.82, 2.24) is 15.5 Å². The van der Waals surface area contributed by atoms with E-state index >= 15 is 0 Å². The van der Waals surface area contributed by atoms with Crippen molar-refractivity contribution in [3.8, 4) is 0 Å². The number of piperidine rings is 1. The van der Waals surface area contributed by atoms with E-state index in [9.17, 15) is 9.59 Å². The van der Waals surface area contributed by atoms with Crippen LogP contribution >= 0.6 is 23.4 Å². The highest BCUT2D eigenvalue weighted by Gasteiger charge is 2.30. The summed E-state index contributed by atoms with van der Waals surface area (Å²) in [4.78, 5) is 26.6. The third kappa shape index (κ3) is 5.86. The van der Waals surface area contributed by atoms with Crippen molar-refractivity contribution >= 4 is 46.7 Å². The predicted octanol–water partition coefficient (Wildman–Crippen LogP) is 3.36. The molecule has 7 nitrogen and oxygen atoms in total. The number of hydrogen-bond acceptors (Lipinski definition) is 6. The summed E-state index contributed by atoms with van der Waals surface area (Å²) < 4.78 is 0. The van der Waals surface area contributed by atoms with Gasteiger partial charge < -0.3 is 15.5 Å². The third-order valence-corrected chi connectivity index (χ3v) is 6.28. The van der Waals surface area contributed by atoms with Crippen molar-refractivity contribution in [1.29, 1.82) is 0 Å². The molecule has 2 amide bonds. The number of benzene rings is 1. The Hall–Kier alpha value is -2.32. The summed E-state index contributed by atoms with van der Waals surface area (Å²) in [5, 5.41) is 15.7. The minimum atomic E-state index is -0.131. The average molecular weight is 446 g/mol. The molecule has 1 aliphatic heterocycles. The molecule has 0 radical (unpaired) electrons. The number of aromatic nitrogens is 2. The van der Waals surface area contributed by atoms with Crippen LogP contribution in [0.3, 0.4) is 0 Å². The van der Waals surface area contributed by atoms with Gasteiger partial charge in [-0.25, -0.2) is 0 Å². The number of nitrogens with zero attached hydrogens (tertiary/aromatic N) is 3. The lowest BCUT2D eigenvalue weighted by molar-refractivity contribution is -0.125. The Bertz CT molecular complexity index is 907. The van der Waals surface area contributed by atoms with E-state index < -0.39 is 0 Å². The lowest BCUT2D eigenvalue weighted by Crippen LogP contribution is -2.44. The number of carbonyl (C=O) groups excluding carboxylic acids is 2. The second-order valence-corrected chi connectivity index (χ2v) is 9.08. The molecule has 0 spiro atoms. The van der Waals surface area contributed by atoms with Gasteiger partial charge in [0.1, 0.15) is 5.03 Å². The van der Waals surface area contributed by atoms with Gasteiger partial charge in [0.15, 0.2) is 5.82 Å². The maximum atomic E-state index is 12.4. The SMILES string of the molecule is O=C(CSc1ccc(N2CCC[C@H](C(=O)NC3CC3)C2)nn1)Nc1cccc(Cl)c1. The summed E-state index contributed by atoms with van der Waals surface area (Å²) in [6, 6.07) is 11.2. The predicted molar refractivity (Wildman–Crippen MR) is 119 cm³/mol. The summed E-state index contributed by atoms with van der Waals surface area (Å²) >= 11 is 7.26. The molecule has 2 heterocycles. The van der Waals surface area contributed by atoms with Gasteiger partial charge in [-0.15, -0.1) is 10.2 Å². The molecule has 2 aromatic rings. The first-order valence-electron chi connectivity index (χ1n) is 10.1. The van der Waals surface area contributed by atoms with Gasteiger partial charge >= 0.3 is 0 Å². The first-order valence-corrected chi connectivity index (χ1v) is 11.5. The van der Waals surface area contributed by atoms with Crippen LogP contribution in [0.15, 0.2) is 41.4 Å². The number of thioether (sulfide) groups is 1. The van der Waals surface area contributed by atoms with Gasteiger partial charge in [0, 0.05) is 29.8 Å².